The number of aromatic nitrogens is 3. The molecule has 0 atom stereocenters. The molecule has 0 saturated heterocycles. The second-order valence-corrected chi connectivity index (χ2v) is 5.52. The van der Waals surface area contributed by atoms with E-state index in [4.69, 9.17) is 4.42 Å². The quantitative estimate of drug-likeness (QED) is 0.538. The molecule has 0 saturated carbocycles. The van der Waals surface area contributed by atoms with E-state index in [1.807, 2.05) is 23.6 Å². The van der Waals surface area contributed by atoms with Gasteiger partial charge in [0.1, 0.15) is 16.2 Å². The summed E-state index contributed by atoms with van der Waals surface area (Å²) < 4.78 is 5.75. The molecule has 0 radical (unpaired) electrons. The molecule has 106 valence electrons. The van der Waals surface area contributed by atoms with Gasteiger partial charge in [0, 0.05) is 28.9 Å². The van der Waals surface area contributed by atoms with Crippen molar-refractivity contribution in [2.45, 2.75) is 0 Å². The number of pyridine rings is 1. The molecule has 0 aliphatic heterocycles. The van der Waals surface area contributed by atoms with Crippen molar-refractivity contribution in [3.8, 4) is 22.0 Å². The Labute approximate surface area is 129 Å². The summed E-state index contributed by atoms with van der Waals surface area (Å²) in [6.07, 6.45) is 4.04. The van der Waals surface area contributed by atoms with E-state index in [2.05, 4.69) is 15.0 Å². The fourth-order valence-electron chi connectivity index (χ4n) is 2.20. The summed E-state index contributed by atoms with van der Waals surface area (Å²) in [6.45, 7) is 0. The molecule has 0 amide bonds. The van der Waals surface area contributed by atoms with E-state index in [1.54, 1.807) is 35.9 Å². The van der Waals surface area contributed by atoms with E-state index >= 15 is 0 Å². The third-order valence-corrected chi connectivity index (χ3v) is 4.04. The molecule has 0 bridgehead atoms. The minimum absolute atomic E-state index is 0.350. The van der Waals surface area contributed by atoms with Crippen molar-refractivity contribution >= 4 is 28.7 Å². The highest BCUT2D eigenvalue weighted by atomic mass is 32.1. The molecule has 0 aliphatic carbocycles. The van der Waals surface area contributed by atoms with Crippen molar-refractivity contribution in [1.82, 2.24) is 15.0 Å². The van der Waals surface area contributed by atoms with Crippen molar-refractivity contribution in [2.75, 3.05) is 0 Å². The average Bonchev–Trinajstić information content (AvgIpc) is 3.23. The molecular weight excluding hydrogens is 298 g/mol. The minimum atomic E-state index is 0.350. The Morgan fingerprint density at radius 2 is 2.00 bits per heavy atom. The third kappa shape index (κ3) is 2.19. The van der Waals surface area contributed by atoms with Gasteiger partial charge in [0.15, 0.2) is 11.9 Å². The summed E-state index contributed by atoms with van der Waals surface area (Å²) in [4.78, 5) is 23.5. The van der Waals surface area contributed by atoms with E-state index in [0.29, 0.717) is 23.5 Å². The first-order valence-corrected chi connectivity index (χ1v) is 7.43. The Morgan fingerprint density at radius 3 is 2.82 bits per heavy atom. The predicted octanol–water partition coefficient (Wildman–Crippen LogP) is 3.83. The van der Waals surface area contributed by atoms with Crippen LogP contribution in [0.4, 0.5) is 0 Å². The van der Waals surface area contributed by atoms with Crippen LogP contribution in [0.25, 0.3) is 33.1 Å². The molecule has 6 heteroatoms. The number of fused-ring (bicyclic) bond motifs is 1. The van der Waals surface area contributed by atoms with Gasteiger partial charge >= 0.3 is 0 Å². The summed E-state index contributed by atoms with van der Waals surface area (Å²) >= 11 is 1.58. The molecule has 3 heterocycles. The fourth-order valence-corrected chi connectivity index (χ4v) is 2.83. The predicted molar refractivity (Wildman–Crippen MR) is 83.7 cm³/mol. The van der Waals surface area contributed by atoms with Crippen LogP contribution in [0.2, 0.25) is 0 Å². The van der Waals surface area contributed by atoms with Crippen molar-refractivity contribution < 1.29 is 9.21 Å². The molecule has 3 aromatic heterocycles. The standard InChI is InChI=1S/C16H9N3O2S/c20-9-12-7-10(3-4-17-12)15-19-13-8-11(1-2-14(13)21-15)16-18-5-6-22-16/h1-9H. The number of hydrogen-bond acceptors (Lipinski definition) is 6. The van der Waals surface area contributed by atoms with E-state index < -0.39 is 0 Å². The topological polar surface area (TPSA) is 68.9 Å². The maximum Gasteiger partial charge on any atom is 0.227 e. The molecular formula is C16H9N3O2S. The highest BCUT2D eigenvalue weighted by Gasteiger charge is 2.11. The minimum Gasteiger partial charge on any atom is -0.436 e. The maximum atomic E-state index is 10.8. The molecule has 4 aromatic rings. The Morgan fingerprint density at radius 1 is 1.05 bits per heavy atom. The van der Waals surface area contributed by atoms with Gasteiger partial charge in [0.2, 0.25) is 5.89 Å². The van der Waals surface area contributed by atoms with E-state index in [0.717, 1.165) is 21.7 Å². The van der Waals surface area contributed by atoms with Crippen molar-refractivity contribution in [3.63, 3.8) is 0 Å². The first-order chi connectivity index (χ1) is 10.8. The molecule has 0 spiro atoms. The first kappa shape index (κ1) is 12.8. The van der Waals surface area contributed by atoms with E-state index in [9.17, 15) is 4.79 Å². The van der Waals surface area contributed by atoms with Crippen LogP contribution < -0.4 is 0 Å². The molecule has 22 heavy (non-hydrogen) atoms. The van der Waals surface area contributed by atoms with Crippen molar-refractivity contribution in [2.24, 2.45) is 0 Å². The van der Waals surface area contributed by atoms with Crippen LogP contribution in [-0.2, 0) is 0 Å². The number of benzene rings is 1. The lowest BCUT2D eigenvalue weighted by Crippen LogP contribution is -1.86. The SMILES string of the molecule is O=Cc1cc(-c2nc3cc(-c4nccs4)ccc3o2)ccn1. The van der Waals surface area contributed by atoms with Gasteiger partial charge in [-0.25, -0.2) is 9.97 Å². The zero-order chi connectivity index (χ0) is 14.9. The van der Waals surface area contributed by atoms with Crippen LogP contribution >= 0.6 is 11.3 Å². The zero-order valence-corrected chi connectivity index (χ0v) is 12.1. The number of rotatable bonds is 3. The lowest BCUT2D eigenvalue weighted by molar-refractivity contribution is 0.111. The normalized spacial score (nSPS) is 10.9. The summed E-state index contributed by atoms with van der Waals surface area (Å²) in [6, 6.07) is 9.20. The van der Waals surface area contributed by atoms with Crippen LogP contribution in [0.1, 0.15) is 10.5 Å². The van der Waals surface area contributed by atoms with E-state index in [1.165, 1.54) is 0 Å². The van der Waals surface area contributed by atoms with Crippen LogP contribution in [0, 0.1) is 0 Å². The number of thiazole rings is 1. The number of aldehydes is 1. The summed E-state index contributed by atoms with van der Waals surface area (Å²) in [5.74, 6) is 0.469. The molecule has 1 aromatic carbocycles. The summed E-state index contributed by atoms with van der Waals surface area (Å²) in [5.41, 5.74) is 3.53. The van der Waals surface area contributed by atoms with Gasteiger partial charge < -0.3 is 4.42 Å². The van der Waals surface area contributed by atoms with Crippen LogP contribution in [0.5, 0.6) is 0 Å². The van der Waals surface area contributed by atoms with Gasteiger partial charge in [-0.3, -0.25) is 9.78 Å². The molecule has 0 N–H and O–H groups in total. The first-order valence-electron chi connectivity index (χ1n) is 6.55. The lowest BCUT2D eigenvalue weighted by Gasteiger charge is -1.94. The number of carbonyl (C=O) groups is 1. The van der Waals surface area contributed by atoms with Crippen LogP contribution in [0.15, 0.2) is 52.5 Å². The van der Waals surface area contributed by atoms with Gasteiger partial charge in [-0.1, -0.05) is 0 Å². The molecule has 0 aliphatic rings. The van der Waals surface area contributed by atoms with Crippen LogP contribution in [0.3, 0.4) is 0 Å². The third-order valence-electron chi connectivity index (χ3n) is 3.22. The fraction of sp³-hybridized carbons (Fsp3) is 0. The Hall–Kier alpha value is -2.86. The van der Waals surface area contributed by atoms with Crippen molar-refractivity contribution in [1.29, 1.82) is 0 Å². The summed E-state index contributed by atoms with van der Waals surface area (Å²) in [7, 11) is 0. The van der Waals surface area contributed by atoms with Gasteiger partial charge in [0.05, 0.1) is 0 Å². The number of oxazole rings is 1. The monoisotopic (exact) mass is 307 g/mol. The van der Waals surface area contributed by atoms with Crippen molar-refractivity contribution in [3.05, 3.63) is 53.8 Å². The highest BCUT2D eigenvalue weighted by Crippen LogP contribution is 2.29. The molecule has 5 nitrogen and oxygen atoms in total. The van der Waals surface area contributed by atoms with Gasteiger partial charge in [0.25, 0.3) is 0 Å². The molecule has 0 fully saturated rings. The molecule has 0 unspecified atom stereocenters. The molecule has 4 rings (SSSR count). The number of carbonyl (C=O) groups excluding carboxylic acids is 1. The van der Waals surface area contributed by atoms with Gasteiger partial charge in [-0.2, -0.15) is 0 Å². The second kappa shape index (κ2) is 5.16. The smallest absolute Gasteiger partial charge is 0.227 e. The Bertz CT molecular complexity index is 961. The zero-order valence-electron chi connectivity index (χ0n) is 11.3. The second-order valence-electron chi connectivity index (χ2n) is 4.63. The Kier molecular flexibility index (Phi) is 3.01. The largest absolute Gasteiger partial charge is 0.436 e. The Balaban J connectivity index is 1.81. The van der Waals surface area contributed by atoms with Gasteiger partial charge in [-0.15, -0.1) is 11.3 Å². The highest BCUT2D eigenvalue weighted by molar-refractivity contribution is 7.13. The number of nitrogens with zero attached hydrogens (tertiary/aromatic N) is 3. The van der Waals surface area contributed by atoms with E-state index in [-0.39, 0.29) is 0 Å². The average molecular weight is 307 g/mol. The number of hydrogen-bond donors (Lipinski definition) is 0. The lowest BCUT2D eigenvalue weighted by atomic mass is 10.2. The summed E-state index contributed by atoms with van der Waals surface area (Å²) in [5, 5.41) is 2.88. The maximum absolute atomic E-state index is 10.8. The van der Waals surface area contributed by atoms with Gasteiger partial charge in [-0.05, 0) is 30.3 Å². The van der Waals surface area contributed by atoms with Crippen LogP contribution in [-0.4, -0.2) is 21.2 Å².